The maximum absolute atomic E-state index is 12.4. The minimum absolute atomic E-state index is 0.0841. The molecular weight excluding hydrogens is 359 g/mol. The summed E-state index contributed by atoms with van der Waals surface area (Å²) in [5.41, 5.74) is 0.0178. The number of amides is 1. The average molecular weight is 373 g/mol. The Morgan fingerprint density at radius 3 is 2.32 bits per heavy atom. The Hall–Kier alpha value is -2.55. The van der Waals surface area contributed by atoms with E-state index in [2.05, 4.69) is 10.1 Å². The third-order valence-corrected chi connectivity index (χ3v) is 4.32. The molecule has 0 radical (unpaired) electrons. The summed E-state index contributed by atoms with van der Waals surface area (Å²) in [5, 5.41) is 2.40. The Bertz CT molecular complexity index is 879. The number of halogens is 3. The van der Waals surface area contributed by atoms with Crippen molar-refractivity contribution >= 4 is 15.7 Å². The molecule has 2 rings (SSSR count). The number of alkyl halides is 3. The van der Waals surface area contributed by atoms with Gasteiger partial charge in [0.05, 0.1) is 10.5 Å². The van der Waals surface area contributed by atoms with E-state index in [9.17, 15) is 26.4 Å². The Morgan fingerprint density at radius 1 is 1.08 bits per heavy atom. The molecule has 0 bridgehead atoms. The maximum Gasteiger partial charge on any atom is 0.573 e. The summed E-state index contributed by atoms with van der Waals surface area (Å²) in [5.74, 6) is -1.16. The first-order valence-corrected chi connectivity index (χ1v) is 8.88. The van der Waals surface area contributed by atoms with Gasteiger partial charge in [-0.1, -0.05) is 30.3 Å². The van der Waals surface area contributed by atoms with Gasteiger partial charge < -0.3 is 10.1 Å². The van der Waals surface area contributed by atoms with Crippen LogP contribution in [0.3, 0.4) is 0 Å². The van der Waals surface area contributed by atoms with E-state index in [1.165, 1.54) is 42.5 Å². The second-order valence-electron chi connectivity index (χ2n) is 5.11. The lowest BCUT2D eigenvalue weighted by atomic mass is 10.1. The minimum Gasteiger partial charge on any atom is -0.405 e. The second kappa shape index (κ2) is 7.14. The number of carbonyl (C=O) groups is 1. The highest BCUT2D eigenvalue weighted by Gasteiger charge is 2.32. The quantitative estimate of drug-likeness (QED) is 0.875. The first-order valence-electron chi connectivity index (χ1n) is 6.99. The molecule has 2 aromatic carbocycles. The molecule has 0 aliphatic heterocycles. The van der Waals surface area contributed by atoms with E-state index < -0.39 is 27.9 Å². The van der Waals surface area contributed by atoms with Gasteiger partial charge in [-0.05, 0) is 18.2 Å². The number of sulfone groups is 1. The molecule has 0 saturated heterocycles. The molecule has 0 atom stereocenters. The molecule has 5 nitrogen and oxygen atoms in total. The largest absolute Gasteiger partial charge is 0.573 e. The van der Waals surface area contributed by atoms with Crippen molar-refractivity contribution in [3.63, 3.8) is 0 Å². The topological polar surface area (TPSA) is 72.5 Å². The molecule has 9 heteroatoms. The van der Waals surface area contributed by atoms with E-state index in [4.69, 9.17) is 0 Å². The first kappa shape index (κ1) is 18.8. The molecule has 0 aliphatic rings. The van der Waals surface area contributed by atoms with Crippen molar-refractivity contribution in [2.45, 2.75) is 17.8 Å². The molecule has 1 N–H and O–H groups in total. The van der Waals surface area contributed by atoms with Crippen LogP contribution < -0.4 is 10.1 Å². The van der Waals surface area contributed by atoms with Crippen LogP contribution in [0, 0.1) is 0 Å². The molecule has 134 valence electrons. The van der Waals surface area contributed by atoms with Gasteiger partial charge >= 0.3 is 6.36 Å². The van der Waals surface area contributed by atoms with E-state index in [-0.39, 0.29) is 22.6 Å². The molecule has 0 heterocycles. The standard InChI is InChI=1S/C16H14F3NO4S/c1-25(22,23)14-9-5-3-7-12(14)15(21)20-10-11-6-2-4-8-13(11)24-16(17,18)19/h2-9H,10H2,1H3,(H,20,21). The van der Waals surface area contributed by atoms with Crippen LogP contribution in [-0.2, 0) is 16.4 Å². The number of nitrogens with one attached hydrogen (secondary N) is 1. The third-order valence-electron chi connectivity index (χ3n) is 3.17. The number of hydrogen-bond acceptors (Lipinski definition) is 4. The highest BCUT2D eigenvalue weighted by molar-refractivity contribution is 7.90. The van der Waals surface area contributed by atoms with Crippen molar-refractivity contribution in [1.82, 2.24) is 5.32 Å². The lowest BCUT2D eigenvalue weighted by Gasteiger charge is -2.14. The second-order valence-corrected chi connectivity index (χ2v) is 7.09. The van der Waals surface area contributed by atoms with Crippen LogP contribution in [-0.4, -0.2) is 26.9 Å². The SMILES string of the molecule is CS(=O)(=O)c1ccccc1C(=O)NCc1ccccc1OC(F)(F)F. The lowest BCUT2D eigenvalue weighted by molar-refractivity contribution is -0.274. The van der Waals surface area contributed by atoms with E-state index in [0.29, 0.717) is 0 Å². The zero-order valence-corrected chi connectivity index (χ0v) is 13.8. The predicted molar refractivity (Wildman–Crippen MR) is 83.8 cm³/mol. The van der Waals surface area contributed by atoms with Gasteiger partial charge in [0, 0.05) is 18.4 Å². The molecule has 0 saturated carbocycles. The molecule has 25 heavy (non-hydrogen) atoms. The fourth-order valence-electron chi connectivity index (χ4n) is 2.12. The van der Waals surface area contributed by atoms with Gasteiger partial charge in [0.2, 0.25) is 0 Å². The minimum atomic E-state index is -4.86. The molecule has 0 aliphatic carbocycles. The van der Waals surface area contributed by atoms with E-state index in [0.717, 1.165) is 12.3 Å². The van der Waals surface area contributed by atoms with Crippen LogP contribution in [0.1, 0.15) is 15.9 Å². The number of rotatable bonds is 5. The zero-order valence-electron chi connectivity index (χ0n) is 13.0. The molecule has 0 fully saturated rings. The first-order chi connectivity index (χ1) is 11.6. The monoisotopic (exact) mass is 373 g/mol. The smallest absolute Gasteiger partial charge is 0.405 e. The number of benzene rings is 2. The van der Waals surface area contributed by atoms with Crippen LogP contribution in [0.5, 0.6) is 5.75 Å². The van der Waals surface area contributed by atoms with Gasteiger partial charge in [-0.3, -0.25) is 4.79 Å². The Labute approximate surface area is 142 Å². The molecule has 0 spiro atoms. The van der Waals surface area contributed by atoms with Gasteiger partial charge in [0.25, 0.3) is 5.91 Å². The number of ether oxygens (including phenoxy) is 1. The van der Waals surface area contributed by atoms with Crippen molar-refractivity contribution in [3.05, 3.63) is 59.7 Å². The Balaban J connectivity index is 2.20. The van der Waals surface area contributed by atoms with Gasteiger partial charge in [-0.15, -0.1) is 13.2 Å². The summed E-state index contributed by atoms with van der Waals surface area (Å²) in [7, 11) is -3.63. The van der Waals surface area contributed by atoms with Crippen molar-refractivity contribution in [2.75, 3.05) is 6.26 Å². The average Bonchev–Trinajstić information content (AvgIpc) is 2.51. The summed E-state index contributed by atoms with van der Waals surface area (Å²) in [6, 6.07) is 10.9. The lowest BCUT2D eigenvalue weighted by Crippen LogP contribution is -2.25. The van der Waals surface area contributed by atoms with Crippen molar-refractivity contribution in [3.8, 4) is 5.75 Å². The van der Waals surface area contributed by atoms with E-state index in [1.54, 1.807) is 0 Å². The number of hydrogen-bond donors (Lipinski definition) is 1. The van der Waals surface area contributed by atoms with Crippen LogP contribution >= 0.6 is 0 Å². The van der Waals surface area contributed by atoms with Gasteiger partial charge in [0.15, 0.2) is 9.84 Å². The highest BCUT2D eigenvalue weighted by Crippen LogP contribution is 2.26. The summed E-state index contributed by atoms with van der Waals surface area (Å²) in [4.78, 5) is 12.1. The molecule has 0 unspecified atom stereocenters. The van der Waals surface area contributed by atoms with Gasteiger partial charge in [-0.25, -0.2) is 8.42 Å². The molecule has 1 amide bonds. The fraction of sp³-hybridized carbons (Fsp3) is 0.188. The Kier molecular flexibility index (Phi) is 5.36. The number of carbonyl (C=O) groups excluding carboxylic acids is 1. The van der Waals surface area contributed by atoms with Crippen molar-refractivity contribution < 1.29 is 31.1 Å². The van der Waals surface area contributed by atoms with Gasteiger partial charge in [-0.2, -0.15) is 0 Å². The summed E-state index contributed by atoms with van der Waals surface area (Å²) in [6.45, 7) is -0.261. The predicted octanol–water partition coefficient (Wildman–Crippen LogP) is 2.92. The summed E-state index contributed by atoms with van der Waals surface area (Å²) < 4.78 is 64.5. The number of para-hydroxylation sites is 1. The van der Waals surface area contributed by atoms with Crippen LogP contribution in [0.2, 0.25) is 0 Å². The summed E-state index contributed by atoms with van der Waals surface area (Å²) in [6.07, 6.45) is -3.89. The maximum atomic E-state index is 12.4. The highest BCUT2D eigenvalue weighted by atomic mass is 32.2. The third kappa shape index (κ3) is 5.21. The van der Waals surface area contributed by atoms with Crippen molar-refractivity contribution in [2.24, 2.45) is 0 Å². The zero-order chi connectivity index (χ0) is 18.7. The fourth-order valence-corrected chi connectivity index (χ4v) is 3.01. The Morgan fingerprint density at radius 2 is 1.68 bits per heavy atom. The molecule has 2 aromatic rings. The van der Waals surface area contributed by atoms with E-state index >= 15 is 0 Å². The summed E-state index contributed by atoms with van der Waals surface area (Å²) >= 11 is 0. The molecular formula is C16H14F3NO4S. The van der Waals surface area contributed by atoms with Gasteiger partial charge in [0.1, 0.15) is 5.75 Å². The normalized spacial score (nSPS) is 11.8. The van der Waals surface area contributed by atoms with Crippen LogP contribution in [0.25, 0.3) is 0 Å². The van der Waals surface area contributed by atoms with E-state index in [1.807, 2.05) is 0 Å². The van der Waals surface area contributed by atoms with Crippen molar-refractivity contribution in [1.29, 1.82) is 0 Å². The molecule has 0 aromatic heterocycles. The van der Waals surface area contributed by atoms with Crippen LogP contribution in [0.15, 0.2) is 53.4 Å². The van der Waals surface area contributed by atoms with Crippen LogP contribution in [0.4, 0.5) is 13.2 Å².